The third-order valence-corrected chi connectivity index (χ3v) is 3.11. The van der Waals surface area contributed by atoms with Gasteiger partial charge in [-0.25, -0.2) is 0 Å². The zero-order valence-electron chi connectivity index (χ0n) is 8.22. The van der Waals surface area contributed by atoms with Crippen molar-refractivity contribution >= 4 is 21.6 Å². The van der Waals surface area contributed by atoms with Crippen molar-refractivity contribution in [3.8, 4) is 5.75 Å². The second-order valence-electron chi connectivity index (χ2n) is 3.89. The van der Waals surface area contributed by atoms with Crippen LogP contribution in [0.5, 0.6) is 5.75 Å². The molecule has 0 spiro atoms. The van der Waals surface area contributed by atoms with Crippen LogP contribution in [0.25, 0.3) is 0 Å². The van der Waals surface area contributed by atoms with Crippen LogP contribution in [0.3, 0.4) is 0 Å². The van der Waals surface area contributed by atoms with Crippen molar-refractivity contribution in [3.63, 3.8) is 0 Å². The first-order chi connectivity index (χ1) is 6.66. The van der Waals surface area contributed by atoms with Gasteiger partial charge in [-0.15, -0.1) is 0 Å². The summed E-state index contributed by atoms with van der Waals surface area (Å²) in [6.07, 6.45) is 2.61. The van der Waals surface area contributed by atoms with Gasteiger partial charge >= 0.3 is 0 Å². The molecule has 1 aliphatic carbocycles. The van der Waals surface area contributed by atoms with Crippen molar-refractivity contribution < 1.29 is 4.74 Å². The summed E-state index contributed by atoms with van der Waals surface area (Å²) in [6.45, 7) is 2.81. The number of ether oxygens (including phenoxy) is 1. The molecule has 0 bridgehead atoms. The zero-order chi connectivity index (χ0) is 10.1. The highest BCUT2D eigenvalue weighted by molar-refractivity contribution is 9.10. The van der Waals surface area contributed by atoms with E-state index in [4.69, 9.17) is 10.5 Å². The summed E-state index contributed by atoms with van der Waals surface area (Å²) in [4.78, 5) is 0. The van der Waals surface area contributed by atoms with Crippen molar-refractivity contribution in [2.75, 3.05) is 12.3 Å². The smallest absolute Gasteiger partial charge is 0.135 e. The Bertz CT molecular complexity index is 347. The molecule has 0 unspecified atom stereocenters. The molecule has 76 valence electrons. The Morgan fingerprint density at radius 3 is 2.86 bits per heavy atom. The highest BCUT2D eigenvalue weighted by Crippen LogP contribution is 2.33. The van der Waals surface area contributed by atoms with Gasteiger partial charge in [-0.05, 0) is 53.2 Å². The van der Waals surface area contributed by atoms with E-state index in [-0.39, 0.29) is 0 Å². The van der Waals surface area contributed by atoms with Crippen LogP contribution in [0.1, 0.15) is 18.4 Å². The summed E-state index contributed by atoms with van der Waals surface area (Å²) in [6, 6.07) is 3.89. The van der Waals surface area contributed by atoms with Gasteiger partial charge in [0.05, 0.1) is 11.1 Å². The van der Waals surface area contributed by atoms with Crippen LogP contribution in [0.2, 0.25) is 0 Å². The Kier molecular flexibility index (Phi) is 2.68. The van der Waals surface area contributed by atoms with Crippen molar-refractivity contribution in [1.29, 1.82) is 0 Å². The van der Waals surface area contributed by atoms with E-state index in [0.717, 1.165) is 34.0 Å². The van der Waals surface area contributed by atoms with Crippen LogP contribution in [0.15, 0.2) is 16.6 Å². The number of halogens is 1. The molecule has 2 N–H and O–H groups in total. The maximum Gasteiger partial charge on any atom is 0.135 e. The lowest BCUT2D eigenvalue weighted by Crippen LogP contribution is -2.01. The third-order valence-electron chi connectivity index (χ3n) is 2.49. The number of anilines is 1. The Balaban J connectivity index is 2.10. The van der Waals surface area contributed by atoms with E-state index in [0.29, 0.717) is 0 Å². The van der Waals surface area contributed by atoms with Gasteiger partial charge in [-0.1, -0.05) is 0 Å². The molecule has 0 aliphatic heterocycles. The average Bonchev–Trinajstić information content (AvgIpc) is 2.92. The summed E-state index contributed by atoms with van der Waals surface area (Å²) >= 11 is 3.47. The van der Waals surface area contributed by atoms with Gasteiger partial charge < -0.3 is 10.5 Å². The lowest BCUT2D eigenvalue weighted by Gasteiger charge is -2.09. The Hall–Kier alpha value is -0.700. The van der Waals surface area contributed by atoms with Crippen molar-refractivity contribution in [2.24, 2.45) is 5.92 Å². The maximum atomic E-state index is 5.81. The van der Waals surface area contributed by atoms with E-state index in [2.05, 4.69) is 15.9 Å². The second kappa shape index (κ2) is 3.81. The molecule has 0 aromatic heterocycles. The van der Waals surface area contributed by atoms with Crippen LogP contribution in [-0.4, -0.2) is 6.61 Å². The standard InChI is InChI=1S/C11H14BrNO/c1-7-4-9(12)11(5-10(7)13)14-6-8-2-3-8/h4-5,8H,2-3,6,13H2,1H3. The minimum Gasteiger partial charge on any atom is -0.492 e. The lowest BCUT2D eigenvalue weighted by atomic mass is 10.2. The molecule has 14 heavy (non-hydrogen) atoms. The van der Waals surface area contributed by atoms with Gasteiger partial charge in [0.1, 0.15) is 5.75 Å². The summed E-state index contributed by atoms with van der Waals surface area (Å²) < 4.78 is 6.66. The monoisotopic (exact) mass is 255 g/mol. The second-order valence-corrected chi connectivity index (χ2v) is 4.75. The van der Waals surface area contributed by atoms with E-state index >= 15 is 0 Å². The predicted octanol–water partition coefficient (Wildman–Crippen LogP) is 3.13. The fourth-order valence-electron chi connectivity index (χ4n) is 1.27. The quantitative estimate of drug-likeness (QED) is 0.843. The number of rotatable bonds is 3. The molecular weight excluding hydrogens is 242 g/mol. The zero-order valence-corrected chi connectivity index (χ0v) is 9.80. The Morgan fingerprint density at radius 1 is 1.50 bits per heavy atom. The highest BCUT2D eigenvalue weighted by atomic mass is 79.9. The minimum atomic E-state index is 0.768. The summed E-state index contributed by atoms with van der Waals surface area (Å²) in [7, 11) is 0. The topological polar surface area (TPSA) is 35.2 Å². The number of aryl methyl sites for hydroxylation is 1. The molecule has 0 saturated heterocycles. The van der Waals surface area contributed by atoms with Gasteiger partial charge in [-0.3, -0.25) is 0 Å². The molecule has 0 radical (unpaired) electrons. The lowest BCUT2D eigenvalue weighted by molar-refractivity contribution is 0.298. The molecule has 0 heterocycles. The van der Waals surface area contributed by atoms with Crippen LogP contribution >= 0.6 is 15.9 Å². The van der Waals surface area contributed by atoms with Gasteiger partial charge in [0.15, 0.2) is 0 Å². The van der Waals surface area contributed by atoms with Crippen LogP contribution < -0.4 is 10.5 Å². The van der Waals surface area contributed by atoms with Gasteiger partial charge in [0.25, 0.3) is 0 Å². The fraction of sp³-hybridized carbons (Fsp3) is 0.455. The van der Waals surface area contributed by atoms with Crippen molar-refractivity contribution in [3.05, 3.63) is 22.2 Å². The van der Waals surface area contributed by atoms with E-state index in [1.807, 2.05) is 19.1 Å². The largest absolute Gasteiger partial charge is 0.492 e. The molecule has 1 aliphatic rings. The highest BCUT2D eigenvalue weighted by Gasteiger charge is 2.22. The van der Waals surface area contributed by atoms with E-state index in [9.17, 15) is 0 Å². The predicted molar refractivity (Wildman–Crippen MR) is 61.5 cm³/mol. The molecule has 3 heteroatoms. The van der Waals surface area contributed by atoms with Gasteiger partial charge in [0, 0.05) is 11.8 Å². The molecule has 1 aromatic rings. The summed E-state index contributed by atoms with van der Waals surface area (Å²) in [5.41, 5.74) is 7.68. The molecule has 2 rings (SSSR count). The molecule has 2 nitrogen and oxygen atoms in total. The molecule has 0 atom stereocenters. The van der Waals surface area contributed by atoms with Crippen LogP contribution in [-0.2, 0) is 0 Å². The first-order valence-corrected chi connectivity index (χ1v) is 5.64. The number of benzene rings is 1. The first-order valence-electron chi connectivity index (χ1n) is 4.85. The van der Waals surface area contributed by atoms with E-state index in [1.165, 1.54) is 12.8 Å². The van der Waals surface area contributed by atoms with Crippen molar-refractivity contribution in [1.82, 2.24) is 0 Å². The first kappa shape index (κ1) is 9.84. The van der Waals surface area contributed by atoms with Gasteiger partial charge in [-0.2, -0.15) is 0 Å². The number of nitrogens with two attached hydrogens (primary N) is 1. The molecule has 1 aromatic carbocycles. The fourth-order valence-corrected chi connectivity index (χ4v) is 1.84. The van der Waals surface area contributed by atoms with E-state index in [1.54, 1.807) is 0 Å². The Morgan fingerprint density at radius 2 is 2.21 bits per heavy atom. The number of hydrogen-bond donors (Lipinski definition) is 1. The SMILES string of the molecule is Cc1cc(Br)c(OCC2CC2)cc1N. The molecule has 1 saturated carbocycles. The average molecular weight is 256 g/mol. The van der Waals surface area contributed by atoms with Crippen molar-refractivity contribution in [2.45, 2.75) is 19.8 Å². The third kappa shape index (κ3) is 2.21. The number of nitrogen functional groups attached to an aromatic ring is 1. The van der Waals surface area contributed by atoms with Crippen LogP contribution in [0, 0.1) is 12.8 Å². The Labute approximate surface area is 92.6 Å². The molecular formula is C11H14BrNO. The molecule has 0 amide bonds. The normalized spacial score (nSPS) is 15.6. The van der Waals surface area contributed by atoms with Gasteiger partial charge in [0.2, 0.25) is 0 Å². The molecule has 1 fully saturated rings. The minimum absolute atomic E-state index is 0.768. The maximum absolute atomic E-state index is 5.81. The number of hydrogen-bond acceptors (Lipinski definition) is 2. The summed E-state index contributed by atoms with van der Waals surface area (Å²) in [5, 5.41) is 0. The van der Waals surface area contributed by atoms with Crippen LogP contribution in [0.4, 0.5) is 5.69 Å². The van der Waals surface area contributed by atoms with E-state index < -0.39 is 0 Å². The summed E-state index contributed by atoms with van der Waals surface area (Å²) in [5.74, 6) is 1.63.